The van der Waals surface area contributed by atoms with Crippen LogP contribution in [0.3, 0.4) is 0 Å². The smallest absolute Gasteiger partial charge is 0.119 e. The summed E-state index contributed by atoms with van der Waals surface area (Å²) in [7, 11) is 1.67. The Morgan fingerprint density at radius 3 is 2.53 bits per heavy atom. The third-order valence-electron chi connectivity index (χ3n) is 3.97. The fourth-order valence-electron chi connectivity index (χ4n) is 2.76. The summed E-state index contributed by atoms with van der Waals surface area (Å²) in [6.07, 6.45) is 4.70. The summed E-state index contributed by atoms with van der Waals surface area (Å²) in [6.45, 7) is 3.06. The van der Waals surface area contributed by atoms with E-state index in [-0.39, 0.29) is 0 Å². The van der Waals surface area contributed by atoms with E-state index in [0.29, 0.717) is 11.3 Å². The summed E-state index contributed by atoms with van der Waals surface area (Å²) in [5, 5.41) is 0.329. The Balaban J connectivity index is 1.75. The van der Waals surface area contributed by atoms with E-state index in [9.17, 15) is 0 Å². The van der Waals surface area contributed by atoms with Crippen molar-refractivity contribution in [2.24, 2.45) is 11.8 Å². The van der Waals surface area contributed by atoms with Gasteiger partial charge in [0.05, 0.1) is 13.7 Å². The molecule has 0 radical (unpaired) electrons. The van der Waals surface area contributed by atoms with Gasteiger partial charge in [0.15, 0.2) is 0 Å². The lowest BCUT2D eigenvalue weighted by Gasteiger charge is -2.31. The van der Waals surface area contributed by atoms with Crippen molar-refractivity contribution in [3.05, 3.63) is 24.3 Å². The fourth-order valence-corrected chi connectivity index (χ4v) is 3.12. The van der Waals surface area contributed by atoms with Crippen LogP contribution in [-0.4, -0.2) is 19.1 Å². The lowest BCUT2D eigenvalue weighted by Crippen LogP contribution is -2.25. The molecule has 1 aliphatic rings. The van der Waals surface area contributed by atoms with Gasteiger partial charge in [-0.3, -0.25) is 0 Å². The van der Waals surface area contributed by atoms with Gasteiger partial charge in [0.1, 0.15) is 11.5 Å². The Labute approximate surface area is 121 Å². The first kappa shape index (κ1) is 14.5. The van der Waals surface area contributed by atoms with Crippen molar-refractivity contribution in [2.45, 2.75) is 38.0 Å². The highest BCUT2D eigenvalue weighted by Crippen LogP contribution is 2.34. The van der Waals surface area contributed by atoms with Gasteiger partial charge in [0.2, 0.25) is 0 Å². The Bertz CT molecular complexity index is 377. The number of alkyl halides is 1. The maximum absolute atomic E-state index is 6.40. The normalized spacial score (nSPS) is 27.0. The third-order valence-corrected chi connectivity index (χ3v) is 4.54. The number of hydrogen-bond donors (Lipinski definition) is 0. The van der Waals surface area contributed by atoms with Crippen molar-refractivity contribution >= 4 is 11.6 Å². The number of benzene rings is 1. The lowest BCUT2D eigenvalue weighted by molar-refractivity contribution is 0.221. The van der Waals surface area contributed by atoms with Crippen molar-refractivity contribution in [3.8, 4) is 11.5 Å². The second kappa shape index (κ2) is 7.04. The Hall–Kier alpha value is -0.890. The molecule has 1 aliphatic carbocycles. The van der Waals surface area contributed by atoms with Crippen LogP contribution in [0.1, 0.15) is 32.6 Å². The number of halogens is 1. The van der Waals surface area contributed by atoms with Crippen LogP contribution >= 0.6 is 11.6 Å². The summed E-state index contributed by atoms with van der Waals surface area (Å²) >= 11 is 6.40. The zero-order valence-electron chi connectivity index (χ0n) is 11.8. The van der Waals surface area contributed by atoms with E-state index < -0.39 is 0 Å². The third kappa shape index (κ3) is 4.31. The van der Waals surface area contributed by atoms with Crippen molar-refractivity contribution in [2.75, 3.05) is 13.7 Å². The van der Waals surface area contributed by atoms with Crippen molar-refractivity contribution < 1.29 is 9.47 Å². The van der Waals surface area contributed by atoms with Gasteiger partial charge in [-0.05, 0) is 61.8 Å². The van der Waals surface area contributed by atoms with Crippen LogP contribution in [0.4, 0.5) is 0 Å². The van der Waals surface area contributed by atoms with Gasteiger partial charge < -0.3 is 9.47 Å². The summed E-state index contributed by atoms with van der Waals surface area (Å²) in [5.74, 6) is 3.16. The molecular weight excluding hydrogens is 260 g/mol. The van der Waals surface area contributed by atoms with E-state index in [2.05, 4.69) is 6.92 Å². The highest BCUT2D eigenvalue weighted by Gasteiger charge is 2.26. The van der Waals surface area contributed by atoms with Crippen LogP contribution in [0.25, 0.3) is 0 Å². The van der Waals surface area contributed by atoms with Crippen LogP contribution in [-0.2, 0) is 0 Å². The Morgan fingerprint density at radius 1 is 1.16 bits per heavy atom. The molecule has 0 bridgehead atoms. The zero-order chi connectivity index (χ0) is 13.7. The monoisotopic (exact) mass is 282 g/mol. The van der Waals surface area contributed by atoms with E-state index >= 15 is 0 Å². The molecule has 3 heteroatoms. The molecule has 0 amide bonds. The summed E-state index contributed by atoms with van der Waals surface area (Å²) in [4.78, 5) is 0. The van der Waals surface area contributed by atoms with Gasteiger partial charge in [-0.1, -0.05) is 6.92 Å². The molecule has 1 saturated carbocycles. The molecule has 2 nitrogen and oxygen atoms in total. The maximum atomic E-state index is 6.40. The molecule has 1 aromatic rings. The topological polar surface area (TPSA) is 18.5 Å². The highest BCUT2D eigenvalue weighted by molar-refractivity contribution is 6.20. The molecule has 3 unspecified atom stereocenters. The SMILES string of the molecule is COc1ccc(OCCC2CC(C)CCC2Cl)cc1. The molecule has 1 fully saturated rings. The lowest BCUT2D eigenvalue weighted by atomic mass is 9.80. The average molecular weight is 283 g/mol. The van der Waals surface area contributed by atoms with Gasteiger partial charge >= 0.3 is 0 Å². The van der Waals surface area contributed by atoms with Crippen LogP contribution in [0.5, 0.6) is 11.5 Å². The number of ether oxygens (including phenoxy) is 2. The number of rotatable bonds is 5. The highest BCUT2D eigenvalue weighted by atomic mass is 35.5. The zero-order valence-corrected chi connectivity index (χ0v) is 12.5. The molecule has 0 N–H and O–H groups in total. The quantitative estimate of drug-likeness (QED) is 0.740. The van der Waals surface area contributed by atoms with Crippen LogP contribution < -0.4 is 9.47 Å². The van der Waals surface area contributed by atoms with Crippen molar-refractivity contribution in [1.82, 2.24) is 0 Å². The van der Waals surface area contributed by atoms with Gasteiger partial charge in [0, 0.05) is 5.38 Å². The summed E-state index contributed by atoms with van der Waals surface area (Å²) in [6, 6.07) is 7.73. The molecule has 1 aromatic carbocycles. The standard InChI is InChI=1S/C16H23ClO2/c1-12-3-8-16(17)13(11-12)9-10-19-15-6-4-14(18-2)5-7-15/h4-7,12-13,16H,3,8-11H2,1-2H3. The van der Waals surface area contributed by atoms with Crippen LogP contribution in [0.2, 0.25) is 0 Å². The first-order valence-electron chi connectivity index (χ1n) is 7.10. The van der Waals surface area contributed by atoms with E-state index in [1.807, 2.05) is 24.3 Å². The van der Waals surface area contributed by atoms with E-state index in [1.165, 1.54) is 12.8 Å². The molecule has 19 heavy (non-hydrogen) atoms. The molecule has 0 aliphatic heterocycles. The molecule has 0 heterocycles. The van der Waals surface area contributed by atoms with Crippen molar-refractivity contribution in [3.63, 3.8) is 0 Å². The molecule has 3 atom stereocenters. The van der Waals surface area contributed by atoms with Gasteiger partial charge in [-0.15, -0.1) is 11.6 Å². The predicted molar refractivity (Wildman–Crippen MR) is 79.3 cm³/mol. The van der Waals surface area contributed by atoms with E-state index in [4.69, 9.17) is 21.1 Å². The minimum absolute atomic E-state index is 0.329. The maximum Gasteiger partial charge on any atom is 0.119 e. The minimum atomic E-state index is 0.329. The van der Waals surface area contributed by atoms with Gasteiger partial charge in [0.25, 0.3) is 0 Å². The van der Waals surface area contributed by atoms with E-state index in [0.717, 1.165) is 36.9 Å². The fraction of sp³-hybridized carbons (Fsp3) is 0.625. The first-order chi connectivity index (χ1) is 9.19. The molecule has 0 aromatic heterocycles. The van der Waals surface area contributed by atoms with Crippen molar-refractivity contribution in [1.29, 1.82) is 0 Å². The Kier molecular flexibility index (Phi) is 5.38. The molecule has 0 spiro atoms. The van der Waals surface area contributed by atoms with E-state index in [1.54, 1.807) is 7.11 Å². The number of methoxy groups -OCH3 is 1. The minimum Gasteiger partial charge on any atom is -0.497 e. The average Bonchev–Trinajstić information content (AvgIpc) is 2.43. The molecule has 0 saturated heterocycles. The second-order valence-corrected chi connectivity index (χ2v) is 6.07. The predicted octanol–water partition coefficient (Wildman–Crippen LogP) is 4.51. The van der Waals surface area contributed by atoms with Crippen LogP contribution in [0, 0.1) is 11.8 Å². The largest absolute Gasteiger partial charge is 0.497 e. The summed E-state index contributed by atoms with van der Waals surface area (Å²) < 4.78 is 10.9. The molecule has 2 rings (SSSR count). The van der Waals surface area contributed by atoms with Crippen LogP contribution in [0.15, 0.2) is 24.3 Å². The first-order valence-corrected chi connectivity index (χ1v) is 7.53. The molecule has 106 valence electrons. The molecular formula is C16H23ClO2. The number of hydrogen-bond acceptors (Lipinski definition) is 2. The Morgan fingerprint density at radius 2 is 1.84 bits per heavy atom. The summed E-state index contributed by atoms with van der Waals surface area (Å²) in [5.41, 5.74) is 0. The van der Waals surface area contributed by atoms with Gasteiger partial charge in [-0.2, -0.15) is 0 Å². The second-order valence-electron chi connectivity index (χ2n) is 5.51. The van der Waals surface area contributed by atoms with Gasteiger partial charge in [-0.25, -0.2) is 0 Å².